The highest BCUT2D eigenvalue weighted by Crippen LogP contribution is 2.31. The topological polar surface area (TPSA) is 63.6 Å². The van der Waals surface area contributed by atoms with E-state index in [1.165, 1.54) is 13.2 Å². The van der Waals surface area contributed by atoms with Gasteiger partial charge < -0.3 is 9.84 Å². The maximum atomic E-state index is 13.2. The zero-order chi connectivity index (χ0) is 13.2. The third-order valence-electron chi connectivity index (χ3n) is 2.09. The highest BCUT2D eigenvalue weighted by atomic mass is 79.9. The molecule has 1 aromatic rings. The molecule has 17 heavy (non-hydrogen) atoms. The van der Waals surface area contributed by atoms with E-state index >= 15 is 0 Å². The summed E-state index contributed by atoms with van der Waals surface area (Å²) in [5.74, 6) is -0.874. The number of methoxy groups -OCH3 is 1. The van der Waals surface area contributed by atoms with E-state index in [-0.39, 0.29) is 15.8 Å². The van der Waals surface area contributed by atoms with Crippen molar-refractivity contribution in [3.8, 4) is 5.75 Å². The van der Waals surface area contributed by atoms with Gasteiger partial charge in [0.15, 0.2) is 0 Å². The van der Waals surface area contributed by atoms with Crippen molar-refractivity contribution in [3.63, 3.8) is 0 Å². The lowest BCUT2D eigenvalue weighted by Crippen LogP contribution is -2.13. The van der Waals surface area contributed by atoms with Gasteiger partial charge in [-0.25, -0.2) is 12.8 Å². The second kappa shape index (κ2) is 5.32. The van der Waals surface area contributed by atoms with Crippen molar-refractivity contribution in [1.29, 1.82) is 0 Å². The minimum atomic E-state index is -3.33. The minimum absolute atomic E-state index is 0.113. The summed E-state index contributed by atoms with van der Waals surface area (Å²) < 4.78 is 40.4. The van der Waals surface area contributed by atoms with Crippen molar-refractivity contribution in [3.05, 3.63) is 28.0 Å². The number of halogens is 2. The van der Waals surface area contributed by atoms with Crippen LogP contribution in [0.15, 0.2) is 16.6 Å². The molecule has 1 rings (SSSR count). The van der Waals surface area contributed by atoms with Gasteiger partial charge in [0.05, 0.1) is 23.4 Å². The van der Waals surface area contributed by atoms with E-state index in [0.29, 0.717) is 0 Å². The van der Waals surface area contributed by atoms with Crippen LogP contribution in [0.4, 0.5) is 4.39 Å². The third kappa shape index (κ3) is 3.93. The molecule has 1 N–H and O–H groups in total. The van der Waals surface area contributed by atoms with E-state index in [4.69, 9.17) is 4.74 Å². The molecule has 1 unspecified atom stereocenters. The van der Waals surface area contributed by atoms with E-state index in [1.54, 1.807) is 0 Å². The average Bonchev–Trinajstić information content (AvgIpc) is 2.18. The van der Waals surface area contributed by atoms with Gasteiger partial charge in [-0.2, -0.15) is 0 Å². The molecule has 0 fully saturated rings. The monoisotopic (exact) mass is 326 g/mol. The zero-order valence-electron chi connectivity index (χ0n) is 9.28. The Morgan fingerprint density at radius 2 is 2.12 bits per heavy atom. The number of aliphatic hydroxyl groups is 1. The van der Waals surface area contributed by atoms with E-state index < -0.39 is 27.5 Å². The molecule has 0 spiro atoms. The summed E-state index contributed by atoms with van der Waals surface area (Å²) in [6.45, 7) is 0. The zero-order valence-corrected chi connectivity index (χ0v) is 11.7. The maximum Gasteiger partial charge on any atom is 0.150 e. The summed E-state index contributed by atoms with van der Waals surface area (Å²) >= 11 is 2.97. The Hall–Kier alpha value is -0.660. The molecule has 0 saturated heterocycles. The number of hydrogen-bond acceptors (Lipinski definition) is 4. The molecular weight excluding hydrogens is 315 g/mol. The highest BCUT2D eigenvalue weighted by Gasteiger charge is 2.20. The Bertz CT molecular complexity index is 515. The van der Waals surface area contributed by atoms with Crippen LogP contribution < -0.4 is 4.74 Å². The summed E-state index contributed by atoms with van der Waals surface area (Å²) in [4.78, 5) is 0. The Balaban J connectivity index is 3.16. The normalized spacial score (nSPS) is 13.5. The van der Waals surface area contributed by atoms with Gasteiger partial charge in [0.1, 0.15) is 21.4 Å². The molecule has 0 heterocycles. The van der Waals surface area contributed by atoms with Crippen LogP contribution in [-0.4, -0.2) is 32.6 Å². The van der Waals surface area contributed by atoms with Crippen LogP contribution in [0.2, 0.25) is 0 Å². The van der Waals surface area contributed by atoms with Gasteiger partial charge in [0, 0.05) is 17.9 Å². The van der Waals surface area contributed by atoms with Crippen molar-refractivity contribution in [2.45, 2.75) is 6.10 Å². The van der Waals surface area contributed by atoms with Gasteiger partial charge >= 0.3 is 0 Å². The van der Waals surface area contributed by atoms with Crippen molar-refractivity contribution in [1.82, 2.24) is 0 Å². The van der Waals surface area contributed by atoms with Crippen LogP contribution in [0.3, 0.4) is 0 Å². The first-order valence-electron chi connectivity index (χ1n) is 4.63. The molecule has 0 aliphatic carbocycles. The fourth-order valence-electron chi connectivity index (χ4n) is 1.36. The molecule has 0 amide bonds. The molecule has 4 nitrogen and oxygen atoms in total. The van der Waals surface area contributed by atoms with E-state index in [2.05, 4.69) is 15.9 Å². The Morgan fingerprint density at radius 1 is 1.53 bits per heavy atom. The van der Waals surface area contributed by atoms with Crippen molar-refractivity contribution < 1.29 is 22.7 Å². The van der Waals surface area contributed by atoms with Crippen molar-refractivity contribution in [2.75, 3.05) is 19.1 Å². The minimum Gasteiger partial charge on any atom is -0.496 e. The second-order valence-corrected chi connectivity index (χ2v) is 6.66. The molecule has 0 aliphatic rings. The molecule has 0 bridgehead atoms. The van der Waals surface area contributed by atoms with Gasteiger partial charge in [0.2, 0.25) is 0 Å². The smallest absolute Gasteiger partial charge is 0.150 e. The van der Waals surface area contributed by atoms with Crippen molar-refractivity contribution in [2.24, 2.45) is 0 Å². The van der Waals surface area contributed by atoms with Gasteiger partial charge in [0.25, 0.3) is 0 Å². The number of ether oxygens (including phenoxy) is 1. The molecular formula is C10H12BrFO4S. The van der Waals surface area contributed by atoms with Crippen LogP contribution in [0.1, 0.15) is 11.7 Å². The van der Waals surface area contributed by atoms with Crippen LogP contribution in [0.5, 0.6) is 5.75 Å². The lowest BCUT2D eigenvalue weighted by Gasteiger charge is -2.14. The molecule has 96 valence electrons. The third-order valence-corrected chi connectivity index (χ3v) is 3.62. The Labute approximate surface area is 107 Å². The van der Waals surface area contributed by atoms with E-state index in [1.807, 2.05) is 0 Å². The summed E-state index contributed by atoms with van der Waals surface area (Å²) in [6.07, 6.45) is -0.238. The van der Waals surface area contributed by atoms with E-state index in [0.717, 1.165) is 12.3 Å². The first-order valence-corrected chi connectivity index (χ1v) is 7.48. The Kier molecular flexibility index (Phi) is 4.51. The van der Waals surface area contributed by atoms with Crippen LogP contribution >= 0.6 is 15.9 Å². The summed E-state index contributed by atoms with van der Waals surface area (Å²) in [5.41, 5.74) is 0.228. The Morgan fingerprint density at radius 3 is 2.59 bits per heavy atom. The predicted molar refractivity (Wildman–Crippen MR) is 65.3 cm³/mol. The summed E-state index contributed by atoms with van der Waals surface area (Å²) in [7, 11) is -2.02. The number of sulfone groups is 1. The van der Waals surface area contributed by atoms with Crippen LogP contribution in [0, 0.1) is 5.82 Å². The predicted octanol–water partition coefficient (Wildman–Crippen LogP) is 1.67. The summed E-state index contributed by atoms with van der Waals surface area (Å²) in [6, 6.07) is 2.40. The van der Waals surface area contributed by atoms with Gasteiger partial charge in [-0.3, -0.25) is 0 Å². The average molecular weight is 327 g/mol. The van der Waals surface area contributed by atoms with Crippen LogP contribution in [0.25, 0.3) is 0 Å². The molecule has 1 aromatic carbocycles. The fraction of sp³-hybridized carbons (Fsp3) is 0.400. The lowest BCUT2D eigenvalue weighted by atomic mass is 10.1. The molecule has 0 radical (unpaired) electrons. The number of aliphatic hydroxyl groups excluding tert-OH is 1. The standard InChI is InChI=1S/C10H12BrFO4S/c1-16-10-4-8(12)7(11)3-6(10)9(13)5-17(2,14)15/h3-4,9,13H,5H2,1-2H3. The quantitative estimate of drug-likeness (QED) is 0.914. The van der Waals surface area contributed by atoms with Crippen molar-refractivity contribution >= 4 is 25.8 Å². The molecule has 1 atom stereocenters. The first kappa shape index (κ1) is 14.4. The first-order chi connectivity index (χ1) is 7.74. The number of benzene rings is 1. The molecule has 0 aliphatic heterocycles. The lowest BCUT2D eigenvalue weighted by molar-refractivity contribution is 0.196. The second-order valence-electron chi connectivity index (χ2n) is 3.62. The highest BCUT2D eigenvalue weighted by molar-refractivity contribution is 9.10. The summed E-state index contributed by atoms with van der Waals surface area (Å²) in [5, 5.41) is 9.78. The molecule has 0 aromatic heterocycles. The maximum absolute atomic E-state index is 13.2. The number of rotatable bonds is 4. The molecule has 7 heteroatoms. The largest absolute Gasteiger partial charge is 0.496 e. The van der Waals surface area contributed by atoms with Gasteiger partial charge in [-0.1, -0.05) is 0 Å². The van der Waals surface area contributed by atoms with E-state index in [9.17, 15) is 17.9 Å². The van der Waals surface area contributed by atoms with Crippen LogP contribution in [-0.2, 0) is 9.84 Å². The van der Waals surface area contributed by atoms with Gasteiger partial charge in [-0.15, -0.1) is 0 Å². The number of hydrogen-bond donors (Lipinski definition) is 1. The molecule has 0 saturated carbocycles. The van der Waals surface area contributed by atoms with Gasteiger partial charge in [-0.05, 0) is 22.0 Å². The SMILES string of the molecule is COc1cc(F)c(Br)cc1C(O)CS(C)(=O)=O. The fourth-order valence-corrected chi connectivity index (χ4v) is 2.47.